The molecule has 56 valence electrons. The Hall–Kier alpha value is -0.940. The molecule has 1 unspecified atom stereocenters. The Labute approximate surface area is 62.2 Å². The van der Waals surface area contributed by atoms with Crippen molar-refractivity contribution in [1.29, 1.82) is 0 Å². The van der Waals surface area contributed by atoms with Crippen LogP contribution in [-0.2, 0) is 0 Å². The van der Waals surface area contributed by atoms with E-state index in [0.29, 0.717) is 0 Å². The van der Waals surface area contributed by atoms with Crippen molar-refractivity contribution in [3.63, 3.8) is 0 Å². The zero-order valence-electron chi connectivity index (χ0n) is 6.25. The molecule has 0 saturated carbocycles. The summed E-state index contributed by atoms with van der Waals surface area (Å²) in [5.41, 5.74) is 0.852. The lowest BCUT2D eigenvalue weighted by molar-refractivity contribution is 0.216. The number of hydrogen-bond donors (Lipinski definition) is 1. The number of rotatable bonds is 0. The van der Waals surface area contributed by atoms with Gasteiger partial charge < -0.3 is 10.0 Å². The van der Waals surface area contributed by atoms with E-state index in [1.165, 1.54) is 0 Å². The molecule has 0 aromatic rings. The lowest BCUT2D eigenvalue weighted by atomic mass is 10.3. The summed E-state index contributed by atoms with van der Waals surface area (Å²) in [6.07, 6.45) is 8.56. The predicted octanol–water partition coefficient (Wildman–Crippen LogP) is 0.446. The quantitative estimate of drug-likeness (QED) is 0.492. The minimum Gasteiger partial charge on any atom is -0.387 e. The fraction of sp³-hybridized carbons (Fsp3) is 0.500. The third-order valence-electron chi connectivity index (χ3n) is 1.61. The van der Waals surface area contributed by atoms with Gasteiger partial charge in [-0.05, 0) is 6.42 Å². The van der Waals surface area contributed by atoms with Gasteiger partial charge in [0, 0.05) is 19.3 Å². The van der Waals surface area contributed by atoms with Gasteiger partial charge in [-0.1, -0.05) is 6.58 Å². The highest BCUT2D eigenvalue weighted by Crippen LogP contribution is 2.16. The Balaban J connectivity index is 0.000000371. The Morgan fingerprint density at radius 2 is 2.20 bits per heavy atom. The first-order valence-electron chi connectivity index (χ1n) is 3.13. The van der Waals surface area contributed by atoms with E-state index >= 15 is 0 Å². The van der Waals surface area contributed by atoms with Crippen LogP contribution in [0.5, 0.6) is 0 Å². The average molecular weight is 139 g/mol. The van der Waals surface area contributed by atoms with Crippen LogP contribution in [0.2, 0.25) is 0 Å². The molecule has 2 heteroatoms. The number of nitrogens with zero attached hydrogens (tertiary/aromatic N) is 1. The van der Waals surface area contributed by atoms with Gasteiger partial charge in [-0.25, -0.2) is 0 Å². The van der Waals surface area contributed by atoms with Gasteiger partial charge in [-0.3, -0.25) is 0 Å². The van der Waals surface area contributed by atoms with Crippen molar-refractivity contribution in [2.75, 3.05) is 13.6 Å². The number of aliphatic hydroxyl groups excluding tert-OH is 1. The third-order valence-corrected chi connectivity index (χ3v) is 1.61. The van der Waals surface area contributed by atoms with Crippen molar-refractivity contribution in [3.8, 4) is 12.8 Å². The van der Waals surface area contributed by atoms with Crippen molar-refractivity contribution in [2.45, 2.75) is 12.5 Å². The molecule has 0 aromatic carbocycles. The fourth-order valence-electron chi connectivity index (χ4n) is 0.881. The summed E-state index contributed by atoms with van der Waals surface area (Å²) in [7, 11) is 1.94. The zero-order valence-corrected chi connectivity index (χ0v) is 6.25. The zero-order chi connectivity index (χ0) is 8.15. The molecule has 1 aliphatic rings. The van der Waals surface area contributed by atoms with Gasteiger partial charge in [0.2, 0.25) is 0 Å². The molecule has 1 fully saturated rings. The number of aliphatic hydroxyl groups is 1. The highest BCUT2D eigenvalue weighted by Gasteiger charge is 2.19. The Morgan fingerprint density at radius 3 is 2.30 bits per heavy atom. The number of terminal acetylenes is 1. The monoisotopic (exact) mass is 139 g/mol. The van der Waals surface area contributed by atoms with E-state index in [-0.39, 0.29) is 6.10 Å². The maximum Gasteiger partial charge on any atom is 0.0947 e. The molecule has 1 atom stereocenters. The van der Waals surface area contributed by atoms with Crippen molar-refractivity contribution < 1.29 is 5.11 Å². The molecule has 1 heterocycles. The van der Waals surface area contributed by atoms with Gasteiger partial charge >= 0.3 is 0 Å². The first-order chi connectivity index (χ1) is 4.72. The topological polar surface area (TPSA) is 23.5 Å². The van der Waals surface area contributed by atoms with Crippen LogP contribution in [-0.4, -0.2) is 29.7 Å². The van der Waals surface area contributed by atoms with E-state index in [4.69, 9.17) is 5.11 Å². The average Bonchev–Trinajstić information content (AvgIpc) is 2.25. The molecule has 1 rings (SSSR count). The van der Waals surface area contributed by atoms with E-state index in [9.17, 15) is 0 Å². The van der Waals surface area contributed by atoms with E-state index in [1.54, 1.807) is 0 Å². The van der Waals surface area contributed by atoms with Crippen LogP contribution in [0.4, 0.5) is 0 Å². The van der Waals surface area contributed by atoms with Crippen LogP contribution in [0, 0.1) is 12.8 Å². The van der Waals surface area contributed by atoms with Crippen molar-refractivity contribution >= 4 is 0 Å². The molecule has 1 N–H and O–H groups in total. The minimum atomic E-state index is -0.278. The second-order valence-corrected chi connectivity index (χ2v) is 2.22. The summed E-state index contributed by atoms with van der Waals surface area (Å²) in [4.78, 5) is 1.98. The largest absolute Gasteiger partial charge is 0.387 e. The van der Waals surface area contributed by atoms with Gasteiger partial charge in [-0.15, -0.1) is 12.8 Å². The fourth-order valence-corrected chi connectivity index (χ4v) is 0.881. The first kappa shape index (κ1) is 9.06. The van der Waals surface area contributed by atoms with Crippen molar-refractivity contribution in [2.24, 2.45) is 0 Å². The van der Waals surface area contributed by atoms with Crippen LogP contribution < -0.4 is 0 Å². The third kappa shape index (κ3) is 1.78. The SMILES string of the molecule is C#C.C=C1C(O)CCN1C. The summed E-state index contributed by atoms with van der Waals surface area (Å²) in [5.74, 6) is 0. The highest BCUT2D eigenvalue weighted by molar-refractivity contribution is 5.05. The van der Waals surface area contributed by atoms with Crippen molar-refractivity contribution in [3.05, 3.63) is 12.3 Å². The smallest absolute Gasteiger partial charge is 0.0947 e. The molecular weight excluding hydrogens is 126 g/mol. The summed E-state index contributed by atoms with van der Waals surface area (Å²) in [6, 6.07) is 0. The Kier molecular flexibility index (Phi) is 3.60. The van der Waals surface area contributed by atoms with Gasteiger partial charge in [0.1, 0.15) is 0 Å². The molecule has 1 saturated heterocycles. The molecule has 0 aromatic heterocycles. The van der Waals surface area contributed by atoms with E-state index in [2.05, 4.69) is 19.4 Å². The van der Waals surface area contributed by atoms with Gasteiger partial charge in [0.15, 0.2) is 0 Å². The van der Waals surface area contributed by atoms with Gasteiger partial charge in [0.05, 0.1) is 6.10 Å². The number of likely N-dealkylation sites (tertiary alicyclic amines) is 1. The lowest BCUT2D eigenvalue weighted by Crippen LogP contribution is -2.12. The molecular formula is C8H13NO. The molecule has 0 spiro atoms. The second kappa shape index (κ2) is 3.97. The first-order valence-corrected chi connectivity index (χ1v) is 3.13. The Bertz CT molecular complexity index is 127. The normalized spacial score (nSPS) is 23.8. The number of likely N-dealkylation sites (N-methyl/N-ethyl adjacent to an activating group) is 1. The standard InChI is InChI=1S/C6H11NO.C2H2/c1-5-6(8)3-4-7(5)2;1-2/h6,8H,1,3-4H2,2H3;1-2H. The summed E-state index contributed by atoms with van der Waals surface area (Å²) >= 11 is 0. The molecule has 0 amide bonds. The van der Waals surface area contributed by atoms with Crippen LogP contribution in [0.1, 0.15) is 6.42 Å². The molecule has 2 nitrogen and oxygen atoms in total. The van der Waals surface area contributed by atoms with Crippen LogP contribution in [0.3, 0.4) is 0 Å². The van der Waals surface area contributed by atoms with Gasteiger partial charge in [-0.2, -0.15) is 0 Å². The van der Waals surface area contributed by atoms with Gasteiger partial charge in [0.25, 0.3) is 0 Å². The molecule has 10 heavy (non-hydrogen) atoms. The minimum absolute atomic E-state index is 0.278. The summed E-state index contributed by atoms with van der Waals surface area (Å²) in [6.45, 7) is 4.64. The summed E-state index contributed by atoms with van der Waals surface area (Å²) < 4.78 is 0. The molecule has 1 aliphatic heterocycles. The maximum absolute atomic E-state index is 9.03. The Morgan fingerprint density at radius 1 is 1.70 bits per heavy atom. The predicted molar refractivity (Wildman–Crippen MR) is 42.3 cm³/mol. The highest BCUT2D eigenvalue weighted by atomic mass is 16.3. The molecule has 0 radical (unpaired) electrons. The van der Waals surface area contributed by atoms with E-state index in [1.807, 2.05) is 11.9 Å². The van der Waals surface area contributed by atoms with Crippen LogP contribution in [0.15, 0.2) is 12.3 Å². The van der Waals surface area contributed by atoms with Crippen LogP contribution in [0.25, 0.3) is 0 Å². The molecule has 0 aliphatic carbocycles. The second-order valence-electron chi connectivity index (χ2n) is 2.22. The molecule has 0 bridgehead atoms. The van der Waals surface area contributed by atoms with Crippen LogP contribution >= 0.6 is 0 Å². The van der Waals surface area contributed by atoms with E-state index in [0.717, 1.165) is 18.7 Å². The lowest BCUT2D eigenvalue weighted by Gasteiger charge is -2.10. The summed E-state index contributed by atoms with van der Waals surface area (Å²) in [5, 5.41) is 9.03. The number of hydrogen-bond acceptors (Lipinski definition) is 2. The van der Waals surface area contributed by atoms with Crippen molar-refractivity contribution in [1.82, 2.24) is 4.90 Å². The maximum atomic E-state index is 9.03. The van der Waals surface area contributed by atoms with E-state index < -0.39 is 0 Å².